The highest BCUT2D eigenvalue weighted by molar-refractivity contribution is 5.92. The number of imidazole rings is 1. The van der Waals surface area contributed by atoms with Crippen LogP contribution in [0.1, 0.15) is 16.9 Å². The summed E-state index contributed by atoms with van der Waals surface area (Å²) in [4.78, 5) is 31.3. The van der Waals surface area contributed by atoms with Gasteiger partial charge in [-0.3, -0.25) is 9.78 Å². The van der Waals surface area contributed by atoms with Gasteiger partial charge in [-0.05, 0) is 18.6 Å². The molecule has 2 aliphatic heterocycles. The predicted molar refractivity (Wildman–Crippen MR) is 99.3 cm³/mol. The summed E-state index contributed by atoms with van der Waals surface area (Å²) in [5.74, 6) is -1.75. The van der Waals surface area contributed by atoms with Crippen molar-refractivity contribution in [2.24, 2.45) is 13.0 Å². The number of aliphatic carboxylic acids is 1. The Kier molecular flexibility index (Phi) is 6.48. The lowest BCUT2D eigenvalue weighted by atomic mass is 9.81. The smallest absolute Gasteiger partial charge is 0.490 e. The number of carboxylic acid groups (broad SMARTS) is 1. The summed E-state index contributed by atoms with van der Waals surface area (Å²) in [6.45, 7) is 2.50. The van der Waals surface area contributed by atoms with Gasteiger partial charge in [0.05, 0.1) is 32.2 Å². The number of carbonyl (C=O) groups excluding carboxylic acids is 1. The Morgan fingerprint density at radius 3 is 2.65 bits per heavy atom. The fraction of sp³-hybridized carbons (Fsp3) is 0.474. The SMILES string of the molecule is Cn1cnc(C(=O)N2CC3(C2)OCCC3COc2cccnc2)c1.O=C(O)C(F)(F)F. The Balaban J connectivity index is 0.000000339. The maximum absolute atomic E-state index is 12.4. The molecule has 0 aliphatic carbocycles. The van der Waals surface area contributed by atoms with Gasteiger partial charge in [-0.1, -0.05) is 0 Å². The number of aryl methyl sites for hydroxylation is 1. The highest BCUT2D eigenvalue weighted by Crippen LogP contribution is 2.40. The number of hydrogen-bond donors (Lipinski definition) is 1. The summed E-state index contributed by atoms with van der Waals surface area (Å²) in [6, 6.07) is 3.75. The van der Waals surface area contributed by atoms with Crippen molar-refractivity contribution in [3.05, 3.63) is 42.7 Å². The van der Waals surface area contributed by atoms with Gasteiger partial charge in [0.15, 0.2) is 0 Å². The van der Waals surface area contributed by atoms with Crippen molar-refractivity contribution in [3.8, 4) is 5.75 Å². The molecule has 31 heavy (non-hydrogen) atoms. The van der Waals surface area contributed by atoms with Crippen molar-refractivity contribution < 1.29 is 37.3 Å². The van der Waals surface area contributed by atoms with Gasteiger partial charge in [-0.15, -0.1) is 0 Å². The molecule has 1 spiro atoms. The number of amides is 1. The maximum Gasteiger partial charge on any atom is 0.490 e. The minimum atomic E-state index is -5.08. The Morgan fingerprint density at radius 1 is 1.39 bits per heavy atom. The van der Waals surface area contributed by atoms with Crippen LogP contribution in [-0.2, 0) is 16.6 Å². The summed E-state index contributed by atoms with van der Waals surface area (Å²) >= 11 is 0. The van der Waals surface area contributed by atoms with Crippen molar-refractivity contribution in [1.29, 1.82) is 0 Å². The normalized spacial score (nSPS) is 19.4. The molecule has 2 fully saturated rings. The second-order valence-electron chi connectivity index (χ2n) is 7.29. The predicted octanol–water partition coefficient (Wildman–Crippen LogP) is 1.76. The van der Waals surface area contributed by atoms with E-state index in [9.17, 15) is 18.0 Å². The molecule has 168 valence electrons. The summed E-state index contributed by atoms with van der Waals surface area (Å²) in [7, 11) is 1.85. The van der Waals surface area contributed by atoms with Crippen molar-refractivity contribution in [2.45, 2.75) is 18.2 Å². The number of halogens is 3. The third-order valence-electron chi connectivity index (χ3n) is 5.06. The molecule has 1 amide bonds. The molecule has 0 radical (unpaired) electrons. The van der Waals surface area contributed by atoms with Gasteiger partial charge in [0.25, 0.3) is 5.91 Å². The molecular weight excluding hydrogens is 421 g/mol. The maximum atomic E-state index is 12.4. The first-order valence-corrected chi connectivity index (χ1v) is 9.35. The summed E-state index contributed by atoms with van der Waals surface area (Å²) in [5.41, 5.74) is 0.209. The number of alkyl halides is 3. The van der Waals surface area contributed by atoms with Crippen LogP contribution in [0.2, 0.25) is 0 Å². The second kappa shape index (κ2) is 8.92. The molecule has 2 aliphatic rings. The number of ether oxygens (including phenoxy) is 2. The van der Waals surface area contributed by atoms with Crippen molar-refractivity contribution in [1.82, 2.24) is 19.4 Å². The molecule has 2 saturated heterocycles. The second-order valence-corrected chi connectivity index (χ2v) is 7.29. The van der Waals surface area contributed by atoms with Crippen LogP contribution in [0.3, 0.4) is 0 Å². The quantitative estimate of drug-likeness (QED) is 0.769. The molecule has 0 bridgehead atoms. The largest absolute Gasteiger partial charge is 0.492 e. The summed E-state index contributed by atoms with van der Waals surface area (Å²) < 4.78 is 45.3. The van der Waals surface area contributed by atoms with Crippen LogP contribution in [0.4, 0.5) is 13.2 Å². The lowest BCUT2D eigenvalue weighted by Crippen LogP contribution is -2.66. The number of aromatic nitrogens is 3. The lowest BCUT2D eigenvalue weighted by molar-refractivity contribution is -0.192. The zero-order valence-electron chi connectivity index (χ0n) is 16.6. The number of rotatable bonds is 4. The zero-order valence-corrected chi connectivity index (χ0v) is 16.6. The highest BCUT2D eigenvalue weighted by atomic mass is 19.4. The van der Waals surface area contributed by atoms with E-state index in [2.05, 4.69) is 9.97 Å². The van der Waals surface area contributed by atoms with Gasteiger partial charge in [0.2, 0.25) is 0 Å². The number of likely N-dealkylation sites (tertiary alicyclic amines) is 1. The highest BCUT2D eigenvalue weighted by Gasteiger charge is 2.55. The number of pyridine rings is 1. The van der Waals surface area contributed by atoms with E-state index in [1.807, 2.05) is 19.2 Å². The van der Waals surface area contributed by atoms with Crippen LogP contribution in [-0.4, -0.2) is 74.5 Å². The molecule has 12 heteroatoms. The van der Waals surface area contributed by atoms with Gasteiger partial charge >= 0.3 is 12.1 Å². The van der Waals surface area contributed by atoms with E-state index < -0.39 is 12.1 Å². The van der Waals surface area contributed by atoms with Crippen molar-refractivity contribution in [2.75, 3.05) is 26.3 Å². The molecule has 0 aromatic carbocycles. The zero-order chi connectivity index (χ0) is 22.6. The Morgan fingerprint density at radius 2 is 2.10 bits per heavy atom. The Bertz CT molecular complexity index is 913. The number of carboxylic acids is 1. The monoisotopic (exact) mass is 442 g/mol. The van der Waals surface area contributed by atoms with Crippen LogP contribution >= 0.6 is 0 Å². The molecule has 0 saturated carbocycles. The average molecular weight is 442 g/mol. The van der Waals surface area contributed by atoms with Crippen LogP contribution < -0.4 is 4.74 Å². The third-order valence-corrected chi connectivity index (χ3v) is 5.06. The summed E-state index contributed by atoms with van der Waals surface area (Å²) in [5, 5.41) is 7.12. The first-order valence-electron chi connectivity index (χ1n) is 9.35. The molecule has 1 atom stereocenters. The Hall–Kier alpha value is -3.15. The van der Waals surface area contributed by atoms with Gasteiger partial charge in [0, 0.05) is 32.0 Å². The first kappa shape index (κ1) is 22.5. The molecular formula is C19H21F3N4O5. The first-order chi connectivity index (χ1) is 14.6. The minimum absolute atomic E-state index is 0.0383. The summed E-state index contributed by atoms with van der Waals surface area (Å²) in [6.07, 6.45) is 2.68. The van der Waals surface area contributed by atoms with E-state index >= 15 is 0 Å². The molecule has 2 aromatic rings. The van der Waals surface area contributed by atoms with Crippen molar-refractivity contribution >= 4 is 11.9 Å². The number of nitrogens with zero attached hydrogens (tertiary/aromatic N) is 4. The van der Waals surface area contributed by atoms with Gasteiger partial charge in [-0.25, -0.2) is 9.78 Å². The minimum Gasteiger partial charge on any atom is -0.492 e. The fourth-order valence-corrected chi connectivity index (χ4v) is 3.43. The lowest BCUT2D eigenvalue weighted by Gasteiger charge is -2.49. The Labute approximate surface area is 175 Å². The van der Waals surface area contributed by atoms with E-state index in [1.54, 1.807) is 34.4 Å². The molecule has 9 nitrogen and oxygen atoms in total. The van der Waals surface area contributed by atoms with E-state index in [0.717, 1.165) is 12.2 Å². The van der Waals surface area contributed by atoms with Crippen LogP contribution in [0.25, 0.3) is 0 Å². The molecule has 4 rings (SSSR count). The van der Waals surface area contributed by atoms with Gasteiger partial charge in [0.1, 0.15) is 17.0 Å². The van der Waals surface area contributed by atoms with Gasteiger partial charge < -0.3 is 24.0 Å². The molecule has 1 unspecified atom stereocenters. The van der Waals surface area contributed by atoms with E-state index in [1.165, 1.54) is 0 Å². The molecule has 1 N–H and O–H groups in total. The van der Waals surface area contributed by atoms with Crippen molar-refractivity contribution in [3.63, 3.8) is 0 Å². The van der Waals surface area contributed by atoms with Crippen LogP contribution in [0.15, 0.2) is 37.1 Å². The molecule has 4 heterocycles. The standard InChI is InChI=1S/C17H20N4O3.C2HF3O2/c1-20-8-15(19-12-20)16(22)21-10-17(11-21)13(4-6-24-17)9-23-14-3-2-5-18-7-14;3-2(4,5)1(6)7/h2-3,5,7-8,12-13H,4,6,9-11H2,1H3;(H,6,7). The number of hydrogen-bond acceptors (Lipinski definition) is 6. The molecule has 2 aromatic heterocycles. The van der Waals surface area contributed by atoms with Gasteiger partial charge in [-0.2, -0.15) is 13.2 Å². The van der Waals surface area contributed by atoms with Crippen LogP contribution in [0.5, 0.6) is 5.75 Å². The topological polar surface area (TPSA) is 107 Å². The average Bonchev–Trinajstić information content (AvgIpc) is 3.31. The van der Waals surface area contributed by atoms with E-state index in [-0.39, 0.29) is 17.4 Å². The number of carbonyl (C=O) groups is 2. The van der Waals surface area contributed by atoms with E-state index in [4.69, 9.17) is 19.4 Å². The van der Waals surface area contributed by atoms with Crippen LogP contribution in [0, 0.1) is 5.92 Å². The fourth-order valence-electron chi connectivity index (χ4n) is 3.43. The third kappa shape index (κ3) is 5.32. The van der Waals surface area contributed by atoms with E-state index in [0.29, 0.717) is 32.0 Å².